The third-order valence-corrected chi connectivity index (χ3v) is 6.12. The summed E-state index contributed by atoms with van der Waals surface area (Å²) < 4.78 is 35.2. The van der Waals surface area contributed by atoms with Gasteiger partial charge in [-0.05, 0) is 12.0 Å². The highest BCUT2D eigenvalue weighted by Gasteiger charge is 2.43. The second kappa shape index (κ2) is 12.5. The largest absolute Gasteiger partial charge is 0.479 e. The lowest BCUT2D eigenvalue weighted by atomic mass is 9.79. The lowest BCUT2D eigenvalue weighted by Gasteiger charge is -2.35. The van der Waals surface area contributed by atoms with Crippen LogP contribution in [0.1, 0.15) is 39.2 Å². The molecule has 10 nitrogen and oxygen atoms in total. The Morgan fingerprint density at radius 2 is 1.78 bits per heavy atom. The molecule has 0 saturated carbocycles. The maximum Gasteiger partial charge on any atom is 0.333 e. The molecule has 0 aliphatic carbocycles. The number of aliphatic hydroxyl groups is 1. The summed E-state index contributed by atoms with van der Waals surface area (Å²) in [7, 11) is -4.12. The molecule has 32 heavy (non-hydrogen) atoms. The van der Waals surface area contributed by atoms with Gasteiger partial charge in [0.25, 0.3) is 10.1 Å². The number of hydrogen-bond acceptors (Lipinski definition) is 8. The van der Waals surface area contributed by atoms with E-state index in [0.717, 1.165) is 5.56 Å². The predicted octanol–water partition coefficient (Wildman–Crippen LogP) is 0.875. The van der Waals surface area contributed by atoms with Crippen LogP contribution in [0.4, 0.5) is 0 Å². The van der Waals surface area contributed by atoms with Crippen LogP contribution < -0.4 is 5.32 Å². The van der Waals surface area contributed by atoms with Crippen molar-refractivity contribution in [3.8, 4) is 0 Å². The number of carboxylic acids is 1. The molecule has 1 aromatic carbocycles. The van der Waals surface area contributed by atoms with E-state index in [1.54, 1.807) is 24.3 Å². The van der Waals surface area contributed by atoms with Gasteiger partial charge >= 0.3 is 11.9 Å². The third-order valence-electron chi connectivity index (χ3n) is 4.81. The highest BCUT2D eigenvalue weighted by Crippen LogP contribution is 2.32. The highest BCUT2D eigenvalue weighted by atomic mass is 32.2. The van der Waals surface area contributed by atoms with E-state index in [9.17, 15) is 33.0 Å². The Kier molecular flexibility index (Phi) is 10.8. The molecule has 0 saturated heterocycles. The number of hydrogen-bond donors (Lipinski definition) is 3. The Morgan fingerprint density at radius 3 is 2.34 bits per heavy atom. The Bertz CT molecular complexity index is 869. The van der Waals surface area contributed by atoms with E-state index in [1.165, 1.54) is 20.8 Å². The smallest absolute Gasteiger partial charge is 0.333 e. The van der Waals surface area contributed by atoms with Crippen LogP contribution in [0, 0.1) is 5.41 Å². The first-order valence-corrected chi connectivity index (χ1v) is 11.7. The number of carboxylic acid groups (broad SMARTS) is 1. The minimum absolute atomic E-state index is 0.0228. The minimum atomic E-state index is -4.12. The topological polar surface area (TPSA) is 156 Å². The number of aliphatic carboxylic acids is 1. The van der Waals surface area contributed by atoms with Crippen molar-refractivity contribution < 1.29 is 41.9 Å². The van der Waals surface area contributed by atoms with E-state index < -0.39 is 45.4 Å². The zero-order valence-corrected chi connectivity index (χ0v) is 19.3. The van der Waals surface area contributed by atoms with Crippen molar-refractivity contribution >= 4 is 28.0 Å². The van der Waals surface area contributed by atoms with Gasteiger partial charge in [-0.25, -0.2) is 4.79 Å². The van der Waals surface area contributed by atoms with Crippen molar-refractivity contribution in [1.29, 1.82) is 0 Å². The Balaban J connectivity index is 2.78. The van der Waals surface area contributed by atoms with E-state index in [2.05, 4.69) is 5.32 Å². The molecule has 0 spiro atoms. The molecule has 3 N–H and O–H groups in total. The van der Waals surface area contributed by atoms with Crippen LogP contribution in [-0.4, -0.2) is 67.6 Å². The van der Waals surface area contributed by atoms with Gasteiger partial charge in [0.05, 0.1) is 24.9 Å². The lowest BCUT2D eigenvalue weighted by molar-refractivity contribution is -0.159. The number of rotatable bonds is 14. The van der Waals surface area contributed by atoms with Gasteiger partial charge in [-0.1, -0.05) is 44.2 Å². The van der Waals surface area contributed by atoms with Crippen LogP contribution in [0.15, 0.2) is 30.3 Å². The van der Waals surface area contributed by atoms with Gasteiger partial charge < -0.3 is 20.3 Å². The maximum atomic E-state index is 12.4. The molecular formula is C21H31NO9S. The van der Waals surface area contributed by atoms with Gasteiger partial charge in [0.1, 0.15) is 0 Å². The predicted molar refractivity (Wildman–Crippen MR) is 115 cm³/mol. The van der Waals surface area contributed by atoms with E-state index in [4.69, 9.17) is 8.92 Å². The first kappa shape index (κ1) is 27.5. The number of nitrogens with one attached hydrogen (secondary N) is 1. The number of esters is 1. The molecule has 180 valence electrons. The second-order valence-corrected chi connectivity index (χ2v) is 9.63. The van der Waals surface area contributed by atoms with E-state index in [0.29, 0.717) is 0 Å². The maximum absolute atomic E-state index is 12.4. The molecule has 1 amide bonds. The number of amides is 1. The monoisotopic (exact) mass is 473 g/mol. The summed E-state index contributed by atoms with van der Waals surface area (Å²) in [5.74, 6) is -2.79. The molecule has 0 bridgehead atoms. The Labute approximate surface area is 188 Å². The van der Waals surface area contributed by atoms with Gasteiger partial charge in [-0.15, -0.1) is 0 Å². The molecule has 2 atom stereocenters. The van der Waals surface area contributed by atoms with E-state index in [1.807, 2.05) is 6.07 Å². The summed E-state index contributed by atoms with van der Waals surface area (Å²) >= 11 is 0. The standard InChI is InChI=1S/C21H31NO9S/c1-15(23)22-11-7-13-32(28,29)31-17(21(2,3)19(25)20(26)27)10-12-30-18(24)14-16-8-5-4-6-9-16/h4-6,8-9,17,19,25H,7,10-14H2,1-3H3,(H,22,23)(H,26,27)/t17?,19-/m0/s1. The van der Waals surface area contributed by atoms with E-state index >= 15 is 0 Å². The molecule has 1 rings (SSSR count). The molecule has 11 heteroatoms. The summed E-state index contributed by atoms with van der Waals surface area (Å²) in [5, 5.41) is 21.7. The van der Waals surface area contributed by atoms with Crippen LogP contribution in [0.3, 0.4) is 0 Å². The van der Waals surface area contributed by atoms with Crippen LogP contribution in [-0.2, 0) is 39.8 Å². The molecule has 0 heterocycles. The molecular weight excluding hydrogens is 442 g/mol. The Hall–Kier alpha value is -2.50. The number of carbonyl (C=O) groups is 3. The fourth-order valence-electron chi connectivity index (χ4n) is 2.87. The summed E-state index contributed by atoms with van der Waals surface area (Å²) in [6.07, 6.45) is -3.23. The van der Waals surface area contributed by atoms with Crippen LogP contribution >= 0.6 is 0 Å². The molecule has 0 fully saturated rings. The van der Waals surface area contributed by atoms with Crippen molar-refractivity contribution in [1.82, 2.24) is 5.32 Å². The fraction of sp³-hybridized carbons (Fsp3) is 0.571. The van der Waals surface area contributed by atoms with Crippen molar-refractivity contribution in [2.24, 2.45) is 5.41 Å². The van der Waals surface area contributed by atoms with Gasteiger partial charge in [0, 0.05) is 25.3 Å². The van der Waals surface area contributed by atoms with Gasteiger partial charge in [-0.3, -0.25) is 13.8 Å². The molecule has 0 aliphatic rings. The van der Waals surface area contributed by atoms with Gasteiger partial charge in [-0.2, -0.15) is 8.42 Å². The zero-order valence-electron chi connectivity index (χ0n) is 18.4. The van der Waals surface area contributed by atoms with E-state index in [-0.39, 0.29) is 38.3 Å². The summed E-state index contributed by atoms with van der Waals surface area (Å²) in [6.45, 7) is 3.91. The number of ether oxygens (including phenoxy) is 1. The average molecular weight is 474 g/mol. The average Bonchev–Trinajstić information content (AvgIpc) is 2.70. The molecule has 0 aliphatic heterocycles. The Morgan fingerprint density at radius 1 is 1.16 bits per heavy atom. The molecule has 0 radical (unpaired) electrons. The van der Waals surface area contributed by atoms with Crippen molar-refractivity contribution in [2.75, 3.05) is 18.9 Å². The fourth-order valence-corrected chi connectivity index (χ4v) is 4.16. The van der Waals surface area contributed by atoms with Crippen LogP contribution in [0.25, 0.3) is 0 Å². The van der Waals surface area contributed by atoms with Crippen LogP contribution in [0.5, 0.6) is 0 Å². The number of carbonyl (C=O) groups excluding carboxylic acids is 2. The lowest BCUT2D eigenvalue weighted by Crippen LogP contribution is -2.47. The summed E-state index contributed by atoms with van der Waals surface area (Å²) in [4.78, 5) is 34.2. The number of aliphatic hydroxyl groups excluding tert-OH is 1. The minimum Gasteiger partial charge on any atom is -0.479 e. The SMILES string of the molecule is CC(=O)NCCCS(=O)(=O)OC(CCOC(=O)Cc1ccccc1)C(C)(C)[C@@H](O)C(=O)O. The molecule has 0 aromatic heterocycles. The van der Waals surface area contributed by atoms with Crippen molar-refractivity contribution in [2.45, 2.75) is 52.2 Å². The first-order chi connectivity index (χ1) is 14.8. The quantitative estimate of drug-likeness (QED) is 0.203. The summed E-state index contributed by atoms with van der Waals surface area (Å²) in [5.41, 5.74) is -0.767. The van der Waals surface area contributed by atoms with Gasteiger partial charge in [0.15, 0.2) is 6.10 Å². The molecule has 1 aromatic rings. The second-order valence-electron chi connectivity index (χ2n) is 7.92. The number of benzene rings is 1. The third kappa shape index (κ3) is 9.75. The summed E-state index contributed by atoms with van der Waals surface area (Å²) in [6, 6.07) is 8.88. The normalized spacial score (nSPS) is 13.8. The van der Waals surface area contributed by atoms with Crippen molar-refractivity contribution in [3.05, 3.63) is 35.9 Å². The van der Waals surface area contributed by atoms with Crippen molar-refractivity contribution in [3.63, 3.8) is 0 Å². The molecule has 1 unspecified atom stereocenters. The zero-order chi connectivity index (χ0) is 24.4. The first-order valence-electron chi connectivity index (χ1n) is 10.1. The highest BCUT2D eigenvalue weighted by molar-refractivity contribution is 7.86. The van der Waals surface area contributed by atoms with Crippen LogP contribution in [0.2, 0.25) is 0 Å². The van der Waals surface area contributed by atoms with Gasteiger partial charge in [0.2, 0.25) is 5.91 Å².